The number of benzene rings is 1. The molecule has 0 aliphatic carbocycles. The van der Waals surface area contributed by atoms with Crippen LogP contribution >= 0.6 is 0 Å². The molecule has 8 nitrogen and oxygen atoms in total. The summed E-state index contributed by atoms with van der Waals surface area (Å²) in [5.41, 5.74) is 7.70. The number of nitro groups is 1. The van der Waals surface area contributed by atoms with Crippen LogP contribution in [0, 0.1) is 10.1 Å². The van der Waals surface area contributed by atoms with E-state index >= 15 is 0 Å². The molecule has 0 spiro atoms. The van der Waals surface area contributed by atoms with Gasteiger partial charge < -0.3 is 0 Å². The minimum Gasteiger partial charge on any atom is -0.258 e. The fourth-order valence-corrected chi connectivity index (χ4v) is 1.15. The fraction of sp³-hybridized carbons (Fsp3) is 0. The zero-order valence-corrected chi connectivity index (χ0v) is 7.43. The van der Waals surface area contributed by atoms with Crippen molar-refractivity contribution in [3.05, 3.63) is 34.4 Å². The average molecular weight is 209 g/mol. The summed E-state index contributed by atoms with van der Waals surface area (Å²) in [6, 6.07) is 5.20. The van der Waals surface area contributed by atoms with Crippen LogP contribution in [0.2, 0.25) is 0 Å². The Hall–Kier alpha value is -2.19. The van der Waals surface area contributed by atoms with Crippen molar-refractivity contribution < 1.29 is 9.72 Å². The van der Waals surface area contributed by atoms with Crippen LogP contribution in [0.15, 0.2) is 24.3 Å². The third-order valence-electron chi connectivity index (χ3n) is 1.86. The van der Waals surface area contributed by atoms with Crippen molar-refractivity contribution in [1.29, 1.82) is 0 Å². The fourth-order valence-electron chi connectivity index (χ4n) is 1.15. The van der Waals surface area contributed by atoms with Gasteiger partial charge in [0, 0.05) is 12.1 Å². The average Bonchev–Trinajstić information content (AvgIpc) is 2.65. The molecule has 0 bridgehead atoms. The molecule has 1 heterocycles. The van der Waals surface area contributed by atoms with Gasteiger partial charge in [0.05, 0.1) is 10.6 Å². The molecule has 0 unspecified atom stereocenters. The van der Waals surface area contributed by atoms with Crippen molar-refractivity contribution in [2.45, 2.75) is 0 Å². The number of non-ortho nitro benzene ring substituents is 1. The standard InChI is InChI=1S/C7H7N5O3/c13-7-8-9-10-11(7)5-1-3-6(4-2-5)12(14)15/h1-4,9-10H,(H,8,13). The summed E-state index contributed by atoms with van der Waals surface area (Å²) in [6.07, 6.45) is 0. The second-order valence-corrected chi connectivity index (χ2v) is 2.78. The Morgan fingerprint density at radius 1 is 1.27 bits per heavy atom. The lowest BCUT2D eigenvalue weighted by molar-refractivity contribution is -0.384. The van der Waals surface area contributed by atoms with Crippen LogP contribution in [0.25, 0.3) is 0 Å². The quantitative estimate of drug-likeness (QED) is 0.472. The molecule has 15 heavy (non-hydrogen) atoms. The zero-order valence-electron chi connectivity index (χ0n) is 7.43. The highest BCUT2D eigenvalue weighted by Gasteiger charge is 2.21. The number of hydrazine groups is 3. The highest BCUT2D eigenvalue weighted by molar-refractivity contribution is 5.92. The van der Waals surface area contributed by atoms with Gasteiger partial charge >= 0.3 is 6.03 Å². The van der Waals surface area contributed by atoms with Crippen molar-refractivity contribution >= 4 is 17.4 Å². The number of hydrogen-bond acceptors (Lipinski definition) is 5. The Balaban J connectivity index is 2.23. The molecule has 0 radical (unpaired) electrons. The van der Waals surface area contributed by atoms with E-state index in [1.807, 2.05) is 0 Å². The van der Waals surface area contributed by atoms with Crippen molar-refractivity contribution in [2.24, 2.45) is 0 Å². The summed E-state index contributed by atoms with van der Waals surface area (Å²) in [5.74, 6) is 0. The van der Waals surface area contributed by atoms with Gasteiger partial charge in [0.1, 0.15) is 0 Å². The van der Waals surface area contributed by atoms with Gasteiger partial charge in [-0.05, 0) is 12.1 Å². The topological polar surface area (TPSA) is 99.5 Å². The zero-order chi connectivity index (χ0) is 10.8. The third kappa shape index (κ3) is 1.71. The van der Waals surface area contributed by atoms with Gasteiger partial charge in [-0.15, -0.1) is 11.1 Å². The summed E-state index contributed by atoms with van der Waals surface area (Å²) < 4.78 is 0. The molecule has 1 aliphatic heterocycles. The predicted molar refractivity (Wildman–Crippen MR) is 50.4 cm³/mol. The van der Waals surface area contributed by atoms with E-state index in [9.17, 15) is 14.9 Å². The summed E-state index contributed by atoms with van der Waals surface area (Å²) in [6.45, 7) is 0. The first-order chi connectivity index (χ1) is 7.18. The van der Waals surface area contributed by atoms with E-state index in [1.165, 1.54) is 29.3 Å². The Labute approximate surface area is 83.9 Å². The number of amides is 2. The normalized spacial score (nSPS) is 15.2. The van der Waals surface area contributed by atoms with Crippen LogP contribution in [-0.2, 0) is 0 Å². The summed E-state index contributed by atoms with van der Waals surface area (Å²) in [4.78, 5) is 21.0. The maximum atomic E-state index is 11.1. The van der Waals surface area contributed by atoms with E-state index in [2.05, 4.69) is 16.5 Å². The molecule has 78 valence electrons. The molecule has 1 fully saturated rings. The monoisotopic (exact) mass is 209 g/mol. The second kappa shape index (κ2) is 3.52. The summed E-state index contributed by atoms with van der Waals surface area (Å²) >= 11 is 0. The first-order valence-electron chi connectivity index (χ1n) is 4.04. The minimum atomic E-state index is -0.500. The highest BCUT2D eigenvalue weighted by Crippen LogP contribution is 2.18. The van der Waals surface area contributed by atoms with E-state index in [0.717, 1.165) is 0 Å². The van der Waals surface area contributed by atoms with E-state index in [0.29, 0.717) is 5.69 Å². The molecule has 3 N–H and O–H groups in total. The molecular formula is C7H7N5O3. The number of anilines is 1. The largest absolute Gasteiger partial charge is 0.353 e. The molecule has 8 heteroatoms. The highest BCUT2D eigenvalue weighted by atomic mass is 16.6. The first kappa shape index (κ1) is 9.37. The molecule has 1 aromatic rings. The lowest BCUT2D eigenvalue weighted by atomic mass is 10.3. The molecule has 1 aliphatic rings. The van der Waals surface area contributed by atoms with Gasteiger partial charge in [-0.1, -0.05) is 0 Å². The molecule has 2 amide bonds. The van der Waals surface area contributed by atoms with Gasteiger partial charge in [0.2, 0.25) is 0 Å². The smallest absolute Gasteiger partial charge is 0.258 e. The maximum absolute atomic E-state index is 11.1. The number of carbonyl (C=O) groups is 1. The number of nitrogens with one attached hydrogen (secondary N) is 3. The van der Waals surface area contributed by atoms with Crippen molar-refractivity contribution in [3.8, 4) is 0 Å². The van der Waals surface area contributed by atoms with E-state index in [4.69, 9.17) is 0 Å². The number of nitrogens with zero attached hydrogens (tertiary/aromatic N) is 2. The molecule has 0 atom stereocenters. The lowest BCUT2D eigenvalue weighted by Gasteiger charge is -2.11. The Morgan fingerprint density at radius 2 is 1.93 bits per heavy atom. The Morgan fingerprint density at radius 3 is 2.40 bits per heavy atom. The van der Waals surface area contributed by atoms with E-state index < -0.39 is 4.92 Å². The molecule has 2 rings (SSSR count). The Kier molecular flexibility index (Phi) is 2.20. The number of carbonyl (C=O) groups excluding carboxylic acids is 1. The van der Waals surface area contributed by atoms with Crippen molar-refractivity contribution in [2.75, 3.05) is 5.01 Å². The number of rotatable bonds is 2. The van der Waals surface area contributed by atoms with Crippen LogP contribution in [0.5, 0.6) is 0 Å². The van der Waals surface area contributed by atoms with Gasteiger partial charge in [0.15, 0.2) is 0 Å². The van der Waals surface area contributed by atoms with Gasteiger partial charge in [-0.25, -0.2) is 9.80 Å². The van der Waals surface area contributed by atoms with Crippen LogP contribution in [0.1, 0.15) is 0 Å². The molecule has 1 aromatic carbocycles. The van der Waals surface area contributed by atoms with Crippen LogP contribution < -0.4 is 21.5 Å². The SMILES string of the molecule is O=C1NNNN1c1ccc([N+](=O)[O-])cc1. The molecular weight excluding hydrogens is 202 g/mol. The minimum absolute atomic E-state index is 0.0219. The van der Waals surface area contributed by atoms with Crippen molar-refractivity contribution in [1.82, 2.24) is 16.5 Å². The molecule has 0 saturated carbocycles. The van der Waals surface area contributed by atoms with Crippen LogP contribution in [0.3, 0.4) is 0 Å². The van der Waals surface area contributed by atoms with Gasteiger partial charge in [-0.3, -0.25) is 15.5 Å². The van der Waals surface area contributed by atoms with Crippen LogP contribution in [-0.4, -0.2) is 11.0 Å². The summed E-state index contributed by atoms with van der Waals surface area (Å²) in [7, 11) is 0. The Bertz CT molecular complexity index is 404. The van der Waals surface area contributed by atoms with E-state index in [-0.39, 0.29) is 11.7 Å². The molecule has 0 aromatic heterocycles. The first-order valence-corrected chi connectivity index (χ1v) is 4.04. The summed E-state index contributed by atoms with van der Waals surface area (Å²) in [5, 5.41) is 11.6. The number of urea groups is 1. The van der Waals surface area contributed by atoms with Gasteiger partial charge in [0.25, 0.3) is 5.69 Å². The molecule has 1 saturated heterocycles. The van der Waals surface area contributed by atoms with Crippen molar-refractivity contribution in [3.63, 3.8) is 0 Å². The van der Waals surface area contributed by atoms with Crippen LogP contribution in [0.4, 0.5) is 16.2 Å². The predicted octanol–water partition coefficient (Wildman–Crippen LogP) is 0.0486. The number of hydrogen-bond donors (Lipinski definition) is 3. The van der Waals surface area contributed by atoms with Gasteiger partial charge in [-0.2, -0.15) is 0 Å². The third-order valence-corrected chi connectivity index (χ3v) is 1.86. The second-order valence-electron chi connectivity index (χ2n) is 2.78. The lowest BCUT2D eigenvalue weighted by Crippen LogP contribution is -2.37. The van der Waals surface area contributed by atoms with E-state index in [1.54, 1.807) is 0 Å². The maximum Gasteiger partial charge on any atom is 0.353 e. The number of nitro benzene ring substituents is 1.